The topological polar surface area (TPSA) is 70.5 Å². The first kappa shape index (κ1) is 14.6. The van der Waals surface area contributed by atoms with Crippen molar-refractivity contribution >= 4 is 22.6 Å². The standard InChI is InChI=1S/C16H13ClN6O/c1-21-15-14(8-19-21)16(24)22(10-18-15)9-12-6-7-23(20-12)13-4-2-11(17)3-5-13/h2-8,10H,9H2,1H3. The molecule has 0 aliphatic carbocycles. The molecule has 24 heavy (non-hydrogen) atoms. The minimum atomic E-state index is -0.130. The van der Waals surface area contributed by atoms with E-state index in [1.165, 1.54) is 17.1 Å². The van der Waals surface area contributed by atoms with E-state index >= 15 is 0 Å². The summed E-state index contributed by atoms with van der Waals surface area (Å²) in [5, 5.41) is 9.73. The van der Waals surface area contributed by atoms with Crippen LogP contribution in [0.15, 0.2) is 53.8 Å². The number of nitrogens with zero attached hydrogens (tertiary/aromatic N) is 6. The van der Waals surface area contributed by atoms with E-state index < -0.39 is 0 Å². The predicted octanol–water partition coefficient (Wildman–Crippen LogP) is 2.02. The van der Waals surface area contributed by atoms with E-state index in [0.717, 1.165) is 11.4 Å². The lowest BCUT2D eigenvalue weighted by Gasteiger charge is -2.04. The molecule has 0 aliphatic rings. The molecule has 8 heteroatoms. The summed E-state index contributed by atoms with van der Waals surface area (Å²) in [5.41, 5.74) is 2.10. The lowest BCUT2D eigenvalue weighted by molar-refractivity contribution is 0.707. The molecule has 0 fully saturated rings. The first-order chi connectivity index (χ1) is 11.6. The van der Waals surface area contributed by atoms with Crippen LogP contribution < -0.4 is 5.56 Å². The fourth-order valence-corrected chi connectivity index (χ4v) is 2.66. The van der Waals surface area contributed by atoms with Gasteiger partial charge in [0, 0.05) is 18.3 Å². The van der Waals surface area contributed by atoms with Crippen LogP contribution in [0.3, 0.4) is 0 Å². The van der Waals surface area contributed by atoms with Gasteiger partial charge in [-0.05, 0) is 30.3 Å². The summed E-state index contributed by atoms with van der Waals surface area (Å²) in [6.07, 6.45) is 4.90. The van der Waals surface area contributed by atoms with Gasteiger partial charge < -0.3 is 0 Å². The van der Waals surface area contributed by atoms with Gasteiger partial charge in [0.1, 0.15) is 11.7 Å². The fourth-order valence-electron chi connectivity index (χ4n) is 2.54. The average Bonchev–Trinajstić information content (AvgIpc) is 3.19. The Balaban J connectivity index is 1.65. The maximum absolute atomic E-state index is 12.5. The van der Waals surface area contributed by atoms with Gasteiger partial charge in [0.2, 0.25) is 0 Å². The largest absolute Gasteiger partial charge is 0.292 e. The molecule has 0 bridgehead atoms. The highest BCUT2D eigenvalue weighted by Gasteiger charge is 2.09. The van der Waals surface area contributed by atoms with Gasteiger partial charge in [-0.2, -0.15) is 10.2 Å². The fraction of sp³-hybridized carbons (Fsp3) is 0.125. The molecule has 0 saturated heterocycles. The lowest BCUT2D eigenvalue weighted by Crippen LogP contribution is -2.21. The monoisotopic (exact) mass is 340 g/mol. The van der Waals surface area contributed by atoms with E-state index in [4.69, 9.17) is 11.6 Å². The minimum absolute atomic E-state index is 0.130. The minimum Gasteiger partial charge on any atom is -0.292 e. The summed E-state index contributed by atoms with van der Waals surface area (Å²) in [4.78, 5) is 16.8. The predicted molar refractivity (Wildman–Crippen MR) is 90.4 cm³/mol. The number of hydrogen-bond acceptors (Lipinski definition) is 4. The Bertz CT molecular complexity index is 1080. The van der Waals surface area contributed by atoms with Crippen LogP contribution in [-0.4, -0.2) is 29.1 Å². The Morgan fingerprint density at radius 2 is 1.96 bits per heavy atom. The van der Waals surface area contributed by atoms with E-state index in [0.29, 0.717) is 22.6 Å². The molecule has 3 aromatic heterocycles. The Labute approximate surface area is 141 Å². The highest BCUT2D eigenvalue weighted by atomic mass is 35.5. The zero-order valence-electron chi connectivity index (χ0n) is 12.8. The van der Waals surface area contributed by atoms with E-state index in [2.05, 4.69) is 15.2 Å². The second-order valence-electron chi connectivity index (χ2n) is 5.41. The molecular weight excluding hydrogens is 328 g/mol. The summed E-state index contributed by atoms with van der Waals surface area (Å²) in [6, 6.07) is 9.25. The highest BCUT2D eigenvalue weighted by molar-refractivity contribution is 6.30. The number of benzene rings is 1. The third kappa shape index (κ3) is 2.48. The van der Waals surface area contributed by atoms with Crippen molar-refractivity contribution in [1.29, 1.82) is 0 Å². The molecule has 0 atom stereocenters. The summed E-state index contributed by atoms with van der Waals surface area (Å²) in [5.74, 6) is 0. The highest BCUT2D eigenvalue weighted by Crippen LogP contribution is 2.13. The van der Waals surface area contributed by atoms with Crippen LogP contribution in [0.2, 0.25) is 5.02 Å². The van der Waals surface area contributed by atoms with Gasteiger partial charge in [-0.25, -0.2) is 9.67 Å². The van der Waals surface area contributed by atoms with Gasteiger partial charge in [0.25, 0.3) is 5.56 Å². The van der Waals surface area contributed by atoms with Crippen LogP contribution >= 0.6 is 11.6 Å². The van der Waals surface area contributed by atoms with E-state index in [1.54, 1.807) is 16.4 Å². The van der Waals surface area contributed by atoms with Crippen molar-refractivity contribution in [3.8, 4) is 5.69 Å². The maximum Gasteiger partial charge on any atom is 0.264 e. The third-order valence-electron chi connectivity index (χ3n) is 3.79. The normalized spacial score (nSPS) is 11.2. The molecule has 0 saturated carbocycles. The van der Waals surface area contributed by atoms with Gasteiger partial charge >= 0.3 is 0 Å². The number of fused-ring (bicyclic) bond motifs is 1. The molecule has 120 valence electrons. The van der Waals surface area contributed by atoms with Crippen molar-refractivity contribution in [2.45, 2.75) is 6.54 Å². The van der Waals surface area contributed by atoms with Crippen molar-refractivity contribution < 1.29 is 0 Å². The van der Waals surface area contributed by atoms with Gasteiger partial charge in [0.05, 0.1) is 24.1 Å². The average molecular weight is 341 g/mol. The molecule has 0 amide bonds. The molecule has 0 aliphatic heterocycles. The van der Waals surface area contributed by atoms with Crippen molar-refractivity contribution in [2.24, 2.45) is 7.05 Å². The molecule has 0 unspecified atom stereocenters. The molecule has 0 radical (unpaired) electrons. The van der Waals surface area contributed by atoms with Crippen LogP contribution in [0.1, 0.15) is 5.69 Å². The Kier molecular flexibility index (Phi) is 3.42. The van der Waals surface area contributed by atoms with Gasteiger partial charge in [-0.15, -0.1) is 0 Å². The SMILES string of the molecule is Cn1ncc2c(=O)n(Cc3ccn(-c4ccc(Cl)cc4)n3)cnc21. The first-order valence-electron chi connectivity index (χ1n) is 7.29. The maximum atomic E-state index is 12.5. The third-order valence-corrected chi connectivity index (χ3v) is 4.04. The van der Waals surface area contributed by atoms with Crippen molar-refractivity contribution in [2.75, 3.05) is 0 Å². The molecule has 4 aromatic rings. The van der Waals surface area contributed by atoms with Crippen molar-refractivity contribution in [3.63, 3.8) is 0 Å². The van der Waals surface area contributed by atoms with Crippen LogP contribution in [0.4, 0.5) is 0 Å². The van der Waals surface area contributed by atoms with Crippen molar-refractivity contribution in [3.05, 3.63) is 70.1 Å². The molecule has 0 N–H and O–H groups in total. The van der Waals surface area contributed by atoms with E-state index in [-0.39, 0.29) is 5.56 Å². The van der Waals surface area contributed by atoms with Crippen LogP contribution in [0, 0.1) is 0 Å². The second kappa shape index (κ2) is 5.61. The Morgan fingerprint density at radius 3 is 2.75 bits per heavy atom. The number of aromatic nitrogens is 6. The molecule has 3 heterocycles. The number of halogens is 1. The lowest BCUT2D eigenvalue weighted by atomic mass is 10.3. The summed E-state index contributed by atoms with van der Waals surface area (Å²) < 4.78 is 4.85. The van der Waals surface area contributed by atoms with Crippen LogP contribution in [-0.2, 0) is 13.6 Å². The van der Waals surface area contributed by atoms with Crippen LogP contribution in [0.25, 0.3) is 16.7 Å². The Hall–Kier alpha value is -2.93. The summed E-state index contributed by atoms with van der Waals surface area (Å²) in [7, 11) is 1.76. The molecular formula is C16H13ClN6O. The second-order valence-corrected chi connectivity index (χ2v) is 5.85. The first-order valence-corrected chi connectivity index (χ1v) is 7.67. The van der Waals surface area contributed by atoms with Gasteiger partial charge in [-0.3, -0.25) is 14.0 Å². The quantitative estimate of drug-likeness (QED) is 0.572. The number of aryl methyl sites for hydroxylation is 1. The molecule has 7 nitrogen and oxygen atoms in total. The number of hydrogen-bond donors (Lipinski definition) is 0. The smallest absolute Gasteiger partial charge is 0.264 e. The summed E-state index contributed by atoms with van der Waals surface area (Å²) >= 11 is 5.90. The van der Waals surface area contributed by atoms with E-state index in [1.807, 2.05) is 36.5 Å². The molecule has 1 aromatic carbocycles. The molecule has 0 spiro atoms. The zero-order chi connectivity index (χ0) is 16.7. The number of rotatable bonds is 3. The van der Waals surface area contributed by atoms with Crippen LogP contribution in [0.5, 0.6) is 0 Å². The zero-order valence-corrected chi connectivity index (χ0v) is 13.6. The molecule has 4 rings (SSSR count). The van der Waals surface area contributed by atoms with Gasteiger partial charge in [0.15, 0.2) is 5.65 Å². The Morgan fingerprint density at radius 1 is 1.17 bits per heavy atom. The van der Waals surface area contributed by atoms with E-state index in [9.17, 15) is 4.79 Å². The summed E-state index contributed by atoms with van der Waals surface area (Å²) in [6.45, 7) is 0.345. The van der Waals surface area contributed by atoms with Crippen molar-refractivity contribution in [1.82, 2.24) is 29.1 Å². The van der Waals surface area contributed by atoms with Gasteiger partial charge in [-0.1, -0.05) is 11.6 Å².